The first kappa shape index (κ1) is 13.0. The van der Waals surface area contributed by atoms with E-state index in [4.69, 9.17) is 28.9 Å². The molecule has 2 aromatic rings. The third kappa shape index (κ3) is 2.38. The van der Waals surface area contributed by atoms with Gasteiger partial charge in [-0.3, -0.25) is 0 Å². The summed E-state index contributed by atoms with van der Waals surface area (Å²) in [7, 11) is 0. The molecule has 0 saturated heterocycles. The summed E-state index contributed by atoms with van der Waals surface area (Å²) in [6.45, 7) is 0. The monoisotopic (exact) mass is 292 g/mol. The lowest BCUT2D eigenvalue weighted by Crippen LogP contribution is -2.21. The molecule has 2 aromatic carbocycles. The predicted octanol–water partition coefficient (Wildman–Crippen LogP) is 3.96. The molecule has 0 spiro atoms. The van der Waals surface area contributed by atoms with Gasteiger partial charge in [-0.15, -0.1) is 0 Å². The summed E-state index contributed by atoms with van der Waals surface area (Å²) >= 11 is 11.3. The highest BCUT2D eigenvalue weighted by molar-refractivity contribution is 6.31. The van der Waals surface area contributed by atoms with Crippen molar-refractivity contribution in [1.82, 2.24) is 0 Å². The first-order chi connectivity index (χ1) is 9.16. The van der Waals surface area contributed by atoms with Gasteiger partial charge in [0, 0.05) is 18.0 Å². The Bertz CT molecular complexity index is 609. The summed E-state index contributed by atoms with van der Waals surface area (Å²) < 4.78 is 0. The lowest BCUT2D eigenvalue weighted by molar-refractivity contribution is -0.288. The Morgan fingerprint density at radius 2 is 1.79 bits per heavy atom. The number of hydrogen-bond donors (Lipinski definition) is 1. The molecule has 0 bridgehead atoms. The average molecular weight is 293 g/mol. The van der Waals surface area contributed by atoms with Crippen molar-refractivity contribution in [3.8, 4) is 0 Å². The largest absolute Gasteiger partial charge is 0.324 e. The van der Waals surface area contributed by atoms with Crippen LogP contribution in [0.1, 0.15) is 41.5 Å². The number of hydrogen-bond acceptors (Lipinski definition) is 1. The van der Waals surface area contributed by atoms with E-state index in [1.165, 1.54) is 16.7 Å². The quantitative estimate of drug-likeness (QED) is 0.846. The Kier molecular flexibility index (Phi) is 3.53. The molecule has 3 rings (SSSR count). The maximum absolute atomic E-state index is 6.20. The van der Waals surface area contributed by atoms with E-state index in [9.17, 15) is 0 Å². The van der Waals surface area contributed by atoms with Gasteiger partial charge in [-0.2, -0.15) is 0 Å². The van der Waals surface area contributed by atoms with Crippen LogP contribution < -0.4 is 5.73 Å². The molecule has 3 heteroatoms. The number of benzene rings is 2. The number of rotatable bonds is 1. The van der Waals surface area contributed by atoms with Crippen molar-refractivity contribution in [2.24, 2.45) is 5.73 Å². The van der Waals surface area contributed by atoms with E-state index in [0.717, 1.165) is 17.9 Å². The van der Waals surface area contributed by atoms with Gasteiger partial charge in [-0.25, -0.2) is 0 Å². The molecular formula is C16H16Cl2N+. The van der Waals surface area contributed by atoms with E-state index in [0.29, 0.717) is 10.9 Å². The minimum absolute atomic E-state index is 0.155. The lowest BCUT2D eigenvalue weighted by atomic mass is 9.77. The van der Waals surface area contributed by atoms with E-state index in [1.807, 2.05) is 12.1 Å². The van der Waals surface area contributed by atoms with Gasteiger partial charge >= 0.3 is 0 Å². The standard InChI is InChI=1S/C16H16Cl2N/c17-14-7-5-10(9-15(14)18)11-6-8-16(19)13-4-2-1-3-12(11)13/h1-5,7,9,11,16,18H,6,8,19H2/q+1/t11?,16-/m0/s1. The minimum Gasteiger partial charge on any atom is -0.324 e. The van der Waals surface area contributed by atoms with E-state index < -0.39 is 0 Å². The van der Waals surface area contributed by atoms with Gasteiger partial charge in [-0.1, -0.05) is 41.9 Å². The number of fused-ring (bicyclic) bond motifs is 1. The molecule has 0 fully saturated rings. The summed E-state index contributed by atoms with van der Waals surface area (Å²) in [6.07, 6.45) is 2.08. The van der Waals surface area contributed by atoms with E-state index in [-0.39, 0.29) is 6.04 Å². The zero-order chi connectivity index (χ0) is 13.4. The Balaban J connectivity index is 2.07. The Labute approximate surface area is 123 Å². The maximum atomic E-state index is 6.20. The second-order valence-corrected chi connectivity index (χ2v) is 5.90. The van der Waals surface area contributed by atoms with Gasteiger partial charge in [0.05, 0.1) is 0 Å². The van der Waals surface area contributed by atoms with Crippen molar-refractivity contribution in [2.75, 3.05) is 0 Å². The fourth-order valence-electron chi connectivity index (χ4n) is 2.91. The van der Waals surface area contributed by atoms with Crippen LogP contribution in [0, 0.1) is 11.6 Å². The van der Waals surface area contributed by atoms with Crippen LogP contribution in [-0.2, 0) is 0 Å². The second-order valence-electron chi connectivity index (χ2n) is 5.06. The molecule has 98 valence electrons. The van der Waals surface area contributed by atoms with Crippen LogP contribution in [0.3, 0.4) is 0 Å². The van der Waals surface area contributed by atoms with Gasteiger partial charge in [0.1, 0.15) is 5.02 Å². The molecule has 0 aromatic heterocycles. The van der Waals surface area contributed by atoms with Gasteiger partial charge in [-0.05, 0) is 35.6 Å². The van der Waals surface area contributed by atoms with Crippen molar-refractivity contribution in [2.45, 2.75) is 24.8 Å². The predicted molar refractivity (Wildman–Crippen MR) is 76.5 cm³/mol. The zero-order valence-corrected chi connectivity index (χ0v) is 12.0. The molecule has 0 amide bonds. The maximum Gasteiger partial charge on any atom is 0.244 e. The molecule has 0 radical (unpaired) electrons. The van der Waals surface area contributed by atoms with Crippen LogP contribution in [0.4, 0.5) is 0 Å². The summed E-state index contributed by atoms with van der Waals surface area (Å²) in [6, 6.07) is 14.6. The Morgan fingerprint density at radius 1 is 1.05 bits per heavy atom. The highest BCUT2D eigenvalue weighted by Crippen LogP contribution is 2.40. The fraction of sp³-hybridized carbons (Fsp3) is 0.250. The van der Waals surface area contributed by atoms with Crippen LogP contribution in [0.2, 0.25) is 10.0 Å². The highest BCUT2D eigenvalue weighted by Gasteiger charge is 2.26. The van der Waals surface area contributed by atoms with E-state index >= 15 is 0 Å². The summed E-state index contributed by atoms with van der Waals surface area (Å²) in [5.74, 6) is 0.384. The molecule has 1 aliphatic carbocycles. The Morgan fingerprint density at radius 3 is 2.53 bits per heavy atom. The van der Waals surface area contributed by atoms with Gasteiger partial charge in [0.25, 0.3) is 0 Å². The summed E-state index contributed by atoms with van der Waals surface area (Å²) in [5.41, 5.74) is 10.0. The van der Waals surface area contributed by atoms with Crippen LogP contribution >= 0.6 is 11.6 Å². The summed E-state index contributed by atoms with van der Waals surface area (Å²) in [4.78, 5) is 0. The van der Waals surface area contributed by atoms with Crippen LogP contribution in [0.25, 0.3) is 0 Å². The van der Waals surface area contributed by atoms with Crippen LogP contribution in [-0.4, -0.2) is 0 Å². The molecule has 1 aliphatic rings. The van der Waals surface area contributed by atoms with Crippen molar-refractivity contribution in [3.05, 3.63) is 69.2 Å². The smallest absolute Gasteiger partial charge is 0.244 e. The van der Waals surface area contributed by atoms with Gasteiger partial charge < -0.3 is 5.73 Å². The molecule has 19 heavy (non-hydrogen) atoms. The third-order valence-corrected chi connectivity index (χ3v) is 4.67. The van der Waals surface area contributed by atoms with Crippen molar-refractivity contribution < 1.29 is 11.6 Å². The van der Waals surface area contributed by atoms with Crippen LogP contribution in [0.5, 0.6) is 0 Å². The average Bonchev–Trinajstić information content (AvgIpc) is 2.43. The van der Waals surface area contributed by atoms with Gasteiger partial charge in [0.15, 0.2) is 11.6 Å². The van der Waals surface area contributed by atoms with Crippen LogP contribution in [0.15, 0.2) is 42.5 Å². The second kappa shape index (κ2) is 5.16. The molecule has 0 aliphatic heterocycles. The SMILES string of the molecule is N[C@H]1CCC(c2ccc(Cl)c([ClH+])c2)c2ccccc21. The number of nitrogens with two attached hydrogens (primary N) is 1. The highest BCUT2D eigenvalue weighted by atomic mass is 35.5. The molecular weight excluding hydrogens is 277 g/mol. The third-order valence-electron chi connectivity index (χ3n) is 3.89. The van der Waals surface area contributed by atoms with Crippen molar-refractivity contribution in [3.63, 3.8) is 0 Å². The Hall–Kier alpha value is -1.02. The van der Waals surface area contributed by atoms with E-state index in [2.05, 4.69) is 30.3 Å². The van der Waals surface area contributed by atoms with E-state index in [1.54, 1.807) is 0 Å². The zero-order valence-electron chi connectivity index (χ0n) is 10.5. The summed E-state index contributed by atoms with van der Waals surface area (Å²) in [5, 5.41) is 1.38. The molecule has 1 nitrogen and oxygen atoms in total. The van der Waals surface area contributed by atoms with Crippen molar-refractivity contribution in [1.29, 1.82) is 0 Å². The first-order valence-corrected chi connectivity index (χ1v) is 7.26. The first-order valence-electron chi connectivity index (χ1n) is 6.47. The minimum atomic E-state index is 0.155. The molecule has 2 N–H and O–H groups in total. The fourth-order valence-corrected chi connectivity index (χ4v) is 3.23. The number of halogens is 2. The topological polar surface area (TPSA) is 26.0 Å². The van der Waals surface area contributed by atoms with Crippen molar-refractivity contribution >= 4 is 11.6 Å². The molecule has 1 unspecified atom stereocenters. The molecule has 2 atom stereocenters. The lowest BCUT2D eigenvalue weighted by Gasteiger charge is -2.29. The molecule has 0 heterocycles. The van der Waals surface area contributed by atoms with Gasteiger partial charge in [0.2, 0.25) is 5.02 Å². The normalized spacial score (nSPS) is 22.1. The molecule has 0 saturated carbocycles.